The summed E-state index contributed by atoms with van der Waals surface area (Å²) in [6.07, 6.45) is 0. The Morgan fingerprint density at radius 2 is 1.55 bits per heavy atom. The fourth-order valence-corrected chi connectivity index (χ4v) is 4.18. The van der Waals surface area contributed by atoms with Gasteiger partial charge in [-0.25, -0.2) is 12.8 Å². The number of nitro groups is 1. The summed E-state index contributed by atoms with van der Waals surface area (Å²) in [6, 6.07) is 13.2. The largest absolute Gasteiger partial charge is 0.322 e. The highest BCUT2D eigenvalue weighted by Gasteiger charge is 2.20. The van der Waals surface area contributed by atoms with Crippen LogP contribution in [0, 0.1) is 29.8 Å². The first-order valence-electron chi connectivity index (χ1n) is 9.02. The topological polar surface area (TPSA) is 118 Å². The van der Waals surface area contributed by atoms with Gasteiger partial charge in [-0.05, 0) is 61.9 Å². The zero-order valence-corrected chi connectivity index (χ0v) is 17.4. The van der Waals surface area contributed by atoms with E-state index in [1.807, 2.05) is 0 Å². The maximum atomic E-state index is 13.1. The minimum atomic E-state index is -4.05. The van der Waals surface area contributed by atoms with E-state index < -0.39 is 26.7 Å². The molecule has 0 spiro atoms. The number of halogens is 1. The molecule has 0 aliphatic heterocycles. The monoisotopic (exact) mass is 443 g/mol. The molecule has 0 bridgehead atoms. The van der Waals surface area contributed by atoms with Gasteiger partial charge in [0, 0.05) is 28.6 Å². The third-order valence-corrected chi connectivity index (χ3v) is 6.02. The first kappa shape index (κ1) is 21.9. The standard InChI is InChI=1S/C21H18FN3O5S/c1-13-4-8-18(12-19(13)25(27)28)23-21(26)15-5-3-14(2)20(11-15)31(29,30)24-17-9-6-16(22)7-10-17/h3-12,24H,1-2H3,(H,23,26). The van der Waals surface area contributed by atoms with Crippen molar-refractivity contribution in [3.05, 3.63) is 93.3 Å². The van der Waals surface area contributed by atoms with Gasteiger partial charge in [-0.1, -0.05) is 12.1 Å². The van der Waals surface area contributed by atoms with Gasteiger partial charge in [0.05, 0.1) is 9.82 Å². The SMILES string of the molecule is Cc1ccc(NC(=O)c2ccc(C)c(S(=O)(=O)Nc3ccc(F)cc3)c2)cc1[N+](=O)[O-]. The van der Waals surface area contributed by atoms with E-state index in [9.17, 15) is 27.7 Å². The smallest absolute Gasteiger partial charge is 0.274 e. The van der Waals surface area contributed by atoms with Crippen molar-refractivity contribution >= 4 is 33.0 Å². The quantitative estimate of drug-likeness (QED) is 0.432. The molecule has 160 valence electrons. The molecule has 10 heteroatoms. The summed E-state index contributed by atoms with van der Waals surface area (Å²) in [6.45, 7) is 3.15. The van der Waals surface area contributed by atoms with Crippen LogP contribution in [0.1, 0.15) is 21.5 Å². The molecule has 0 heterocycles. The first-order valence-corrected chi connectivity index (χ1v) is 10.5. The molecule has 3 aromatic rings. The van der Waals surface area contributed by atoms with E-state index in [1.54, 1.807) is 13.8 Å². The second-order valence-corrected chi connectivity index (χ2v) is 8.46. The first-order chi connectivity index (χ1) is 14.6. The average Bonchev–Trinajstić information content (AvgIpc) is 2.71. The minimum Gasteiger partial charge on any atom is -0.322 e. The molecule has 0 atom stereocenters. The minimum absolute atomic E-state index is 0.0494. The number of rotatable bonds is 6. The van der Waals surface area contributed by atoms with Crippen LogP contribution >= 0.6 is 0 Å². The van der Waals surface area contributed by atoms with Crippen LogP contribution in [0.5, 0.6) is 0 Å². The Balaban J connectivity index is 1.88. The molecule has 0 fully saturated rings. The van der Waals surface area contributed by atoms with Crippen LogP contribution in [0.4, 0.5) is 21.5 Å². The lowest BCUT2D eigenvalue weighted by atomic mass is 10.1. The molecule has 0 saturated heterocycles. The van der Waals surface area contributed by atoms with Crippen LogP contribution in [-0.4, -0.2) is 19.2 Å². The number of amides is 1. The van der Waals surface area contributed by atoms with Crippen LogP contribution in [0.3, 0.4) is 0 Å². The Bertz CT molecular complexity index is 1270. The van der Waals surface area contributed by atoms with E-state index in [0.29, 0.717) is 11.1 Å². The molecule has 0 aliphatic carbocycles. The van der Waals surface area contributed by atoms with Gasteiger partial charge in [0.15, 0.2) is 0 Å². The molecule has 0 aromatic heterocycles. The molecule has 3 rings (SSSR count). The number of nitro benzene ring substituents is 1. The Kier molecular flexibility index (Phi) is 6.02. The Morgan fingerprint density at radius 1 is 0.935 bits per heavy atom. The Hall–Kier alpha value is -3.79. The number of aryl methyl sites for hydroxylation is 2. The maximum absolute atomic E-state index is 13.1. The van der Waals surface area contributed by atoms with Gasteiger partial charge in [0.2, 0.25) is 0 Å². The van der Waals surface area contributed by atoms with Crippen LogP contribution in [0.25, 0.3) is 0 Å². The number of nitrogens with one attached hydrogen (secondary N) is 2. The summed E-state index contributed by atoms with van der Waals surface area (Å²) in [4.78, 5) is 23.0. The van der Waals surface area contributed by atoms with E-state index in [1.165, 1.54) is 48.5 Å². The molecule has 0 radical (unpaired) electrons. The fraction of sp³-hybridized carbons (Fsp3) is 0.0952. The summed E-state index contributed by atoms with van der Waals surface area (Å²) in [5.74, 6) is -1.13. The van der Waals surface area contributed by atoms with Crippen molar-refractivity contribution in [3.8, 4) is 0 Å². The van der Waals surface area contributed by atoms with E-state index in [4.69, 9.17) is 0 Å². The zero-order chi connectivity index (χ0) is 22.8. The van der Waals surface area contributed by atoms with Gasteiger partial charge < -0.3 is 5.32 Å². The molecule has 0 unspecified atom stereocenters. The lowest BCUT2D eigenvalue weighted by Crippen LogP contribution is -2.17. The van der Waals surface area contributed by atoms with Gasteiger partial charge in [-0.15, -0.1) is 0 Å². The van der Waals surface area contributed by atoms with Gasteiger partial charge in [-0.2, -0.15) is 0 Å². The van der Waals surface area contributed by atoms with E-state index in [2.05, 4.69) is 10.0 Å². The highest BCUT2D eigenvalue weighted by Crippen LogP contribution is 2.24. The number of benzene rings is 3. The number of carbonyl (C=O) groups is 1. The fourth-order valence-electron chi connectivity index (χ4n) is 2.85. The number of carbonyl (C=O) groups excluding carboxylic acids is 1. The third kappa shape index (κ3) is 5.04. The number of sulfonamides is 1. The van der Waals surface area contributed by atoms with E-state index >= 15 is 0 Å². The van der Waals surface area contributed by atoms with Gasteiger partial charge in [-0.3, -0.25) is 19.6 Å². The number of hydrogen-bond donors (Lipinski definition) is 2. The summed E-state index contributed by atoms with van der Waals surface area (Å²) >= 11 is 0. The van der Waals surface area contributed by atoms with Crippen molar-refractivity contribution in [2.45, 2.75) is 18.7 Å². The zero-order valence-electron chi connectivity index (χ0n) is 16.5. The number of nitrogens with zero attached hydrogens (tertiary/aromatic N) is 1. The lowest BCUT2D eigenvalue weighted by Gasteiger charge is -2.12. The van der Waals surface area contributed by atoms with Crippen molar-refractivity contribution < 1.29 is 22.5 Å². The summed E-state index contributed by atoms with van der Waals surface area (Å²) in [7, 11) is -4.05. The number of hydrogen-bond acceptors (Lipinski definition) is 5. The van der Waals surface area contributed by atoms with E-state index in [-0.39, 0.29) is 27.5 Å². The van der Waals surface area contributed by atoms with Crippen molar-refractivity contribution in [1.82, 2.24) is 0 Å². The molecule has 3 aromatic carbocycles. The summed E-state index contributed by atoms with van der Waals surface area (Å²) < 4.78 is 41.0. The molecule has 1 amide bonds. The normalized spacial score (nSPS) is 11.1. The van der Waals surface area contributed by atoms with Gasteiger partial charge >= 0.3 is 0 Å². The lowest BCUT2D eigenvalue weighted by molar-refractivity contribution is -0.385. The second kappa shape index (κ2) is 8.52. The Morgan fingerprint density at radius 3 is 2.19 bits per heavy atom. The van der Waals surface area contributed by atoms with Crippen LogP contribution in [0.15, 0.2) is 65.6 Å². The average molecular weight is 443 g/mol. The van der Waals surface area contributed by atoms with Crippen LogP contribution in [0.2, 0.25) is 0 Å². The Labute approximate surface area is 177 Å². The molecule has 31 heavy (non-hydrogen) atoms. The molecule has 8 nitrogen and oxygen atoms in total. The van der Waals surface area contributed by atoms with Crippen molar-refractivity contribution in [3.63, 3.8) is 0 Å². The molecule has 0 aliphatic rings. The van der Waals surface area contributed by atoms with Crippen LogP contribution < -0.4 is 10.0 Å². The summed E-state index contributed by atoms with van der Waals surface area (Å²) in [5, 5.41) is 13.6. The summed E-state index contributed by atoms with van der Waals surface area (Å²) in [5.41, 5.74) is 1.12. The predicted octanol–water partition coefficient (Wildman–Crippen LogP) is 4.40. The van der Waals surface area contributed by atoms with Crippen molar-refractivity contribution in [2.24, 2.45) is 0 Å². The molecular formula is C21H18FN3O5S. The van der Waals surface area contributed by atoms with Gasteiger partial charge in [0.25, 0.3) is 21.6 Å². The van der Waals surface area contributed by atoms with E-state index in [0.717, 1.165) is 12.1 Å². The third-order valence-electron chi connectivity index (χ3n) is 4.50. The molecule has 0 saturated carbocycles. The molecular weight excluding hydrogens is 425 g/mol. The van der Waals surface area contributed by atoms with Crippen molar-refractivity contribution in [1.29, 1.82) is 0 Å². The van der Waals surface area contributed by atoms with Gasteiger partial charge in [0.1, 0.15) is 5.82 Å². The predicted molar refractivity (Wildman–Crippen MR) is 114 cm³/mol. The maximum Gasteiger partial charge on any atom is 0.274 e. The highest BCUT2D eigenvalue weighted by atomic mass is 32.2. The number of anilines is 2. The highest BCUT2D eigenvalue weighted by molar-refractivity contribution is 7.92. The van der Waals surface area contributed by atoms with Crippen molar-refractivity contribution in [2.75, 3.05) is 10.0 Å². The molecule has 2 N–H and O–H groups in total. The van der Waals surface area contributed by atoms with Crippen LogP contribution in [-0.2, 0) is 10.0 Å². The second-order valence-electron chi connectivity index (χ2n) is 6.81.